The molecule has 1 amide bonds. The summed E-state index contributed by atoms with van der Waals surface area (Å²) in [7, 11) is 0. The number of fused-ring (bicyclic) bond motifs is 1. The smallest absolute Gasteiger partial charge is 0.228 e. The van der Waals surface area contributed by atoms with Crippen molar-refractivity contribution in [3.63, 3.8) is 0 Å². The second kappa shape index (κ2) is 5.98. The van der Waals surface area contributed by atoms with E-state index in [0.29, 0.717) is 13.0 Å². The molecule has 0 saturated carbocycles. The number of anilines is 1. The quantitative estimate of drug-likeness (QED) is 0.877. The number of hydrogen-bond acceptors (Lipinski definition) is 5. The third-order valence-electron chi connectivity index (χ3n) is 3.51. The zero-order valence-electron chi connectivity index (χ0n) is 10.9. The number of carbonyl (C=O) groups is 1. The standard InChI is InChI=1S/C13H19N3O2S/c17-12(7-9-8-14-5-6-18-9)16-13-15-10-3-1-2-4-11(10)19-13/h9,14H,1-8H2,(H,15,16,17). The van der Waals surface area contributed by atoms with Gasteiger partial charge in [-0.15, -0.1) is 11.3 Å². The highest BCUT2D eigenvalue weighted by molar-refractivity contribution is 7.15. The van der Waals surface area contributed by atoms with Crippen LogP contribution in [0.1, 0.15) is 29.8 Å². The van der Waals surface area contributed by atoms with Crippen molar-refractivity contribution in [2.75, 3.05) is 25.0 Å². The van der Waals surface area contributed by atoms with Crippen LogP contribution in [0.25, 0.3) is 0 Å². The number of carbonyl (C=O) groups excluding carboxylic acids is 1. The highest BCUT2D eigenvalue weighted by Crippen LogP contribution is 2.29. The molecule has 1 fully saturated rings. The molecule has 2 aliphatic rings. The number of nitrogens with one attached hydrogen (secondary N) is 2. The number of amides is 1. The summed E-state index contributed by atoms with van der Waals surface area (Å²) in [6, 6.07) is 0. The Morgan fingerprint density at radius 2 is 2.37 bits per heavy atom. The second-order valence-electron chi connectivity index (χ2n) is 5.05. The third kappa shape index (κ3) is 3.32. The Morgan fingerprint density at radius 3 is 3.16 bits per heavy atom. The lowest BCUT2D eigenvalue weighted by molar-refractivity contribution is -0.119. The van der Waals surface area contributed by atoms with Gasteiger partial charge in [0.2, 0.25) is 5.91 Å². The van der Waals surface area contributed by atoms with Crippen LogP contribution in [0.5, 0.6) is 0 Å². The van der Waals surface area contributed by atoms with Crippen LogP contribution in [0.2, 0.25) is 0 Å². The zero-order chi connectivity index (χ0) is 13.1. The summed E-state index contributed by atoms with van der Waals surface area (Å²) in [4.78, 5) is 17.8. The van der Waals surface area contributed by atoms with Crippen molar-refractivity contribution in [1.29, 1.82) is 0 Å². The molecule has 1 aliphatic heterocycles. The molecule has 0 aromatic carbocycles. The third-order valence-corrected chi connectivity index (χ3v) is 4.58. The van der Waals surface area contributed by atoms with Gasteiger partial charge in [-0.05, 0) is 25.7 Å². The van der Waals surface area contributed by atoms with Crippen LogP contribution < -0.4 is 10.6 Å². The Kier molecular flexibility index (Phi) is 4.10. The van der Waals surface area contributed by atoms with Crippen molar-refractivity contribution in [2.24, 2.45) is 0 Å². The van der Waals surface area contributed by atoms with Crippen molar-refractivity contribution in [2.45, 2.75) is 38.2 Å². The fraction of sp³-hybridized carbons (Fsp3) is 0.692. The van der Waals surface area contributed by atoms with Gasteiger partial charge in [-0.1, -0.05) is 0 Å². The molecule has 1 aliphatic carbocycles. The zero-order valence-corrected chi connectivity index (χ0v) is 11.7. The fourth-order valence-corrected chi connectivity index (χ4v) is 3.60. The van der Waals surface area contributed by atoms with Gasteiger partial charge in [-0.25, -0.2) is 4.98 Å². The number of aryl methyl sites for hydroxylation is 2. The molecule has 19 heavy (non-hydrogen) atoms. The molecule has 1 saturated heterocycles. The number of aromatic nitrogens is 1. The molecule has 3 rings (SSSR count). The summed E-state index contributed by atoms with van der Waals surface area (Å²) >= 11 is 1.63. The van der Waals surface area contributed by atoms with E-state index in [0.717, 1.165) is 31.1 Å². The summed E-state index contributed by atoms with van der Waals surface area (Å²) in [6.45, 7) is 2.31. The monoisotopic (exact) mass is 281 g/mol. The predicted octanol–water partition coefficient (Wildman–Crippen LogP) is 1.34. The lowest BCUT2D eigenvalue weighted by Crippen LogP contribution is -2.40. The summed E-state index contributed by atoms with van der Waals surface area (Å²) in [5.41, 5.74) is 1.18. The Bertz CT molecular complexity index is 431. The molecule has 2 N–H and O–H groups in total. The van der Waals surface area contributed by atoms with Gasteiger partial charge >= 0.3 is 0 Å². The molecule has 104 valence electrons. The van der Waals surface area contributed by atoms with E-state index in [4.69, 9.17) is 4.74 Å². The van der Waals surface area contributed by atoms with Crippen molar-refractivity contribution in [1.82, 2.24) is 10.3 Å². The summed E-state index contributed by atoms with van der Waals surface area (Å²) < 4.78 is 5.53. The van der Waals surface area contributed by atoms with Crippen molar-refractivity contribution < 1.29 is 9.53 Å². The molecule has 1 aromatic heterocycles. The van der Waals surface area contributed by atoms with Crippen LogP contribution >= 0.6 is 11.3 Å². The number of hydrogen-bond donors (Lipinski definition) is 2. The summed E-state index contributed by atoms with van der Waals surface area (Å²) in [5, 5.41) is 6.88. The number of morpholine rings is 1. The van der Waals surface area contributed by atoms with Gasteiger partial charge in [-0.2, -0.15) is 0 Å². The molecular weight excluding hydrogens is 262 g/mol. The molecule has 0 spiro atoms. The number of thiazole rings is 1. The van der Waals surface area contributed by atoms with E-state index in [-0.39, 0.29) is 12.0 Å². The summed E-state index contributed by atoms with van der Waals surface area (Å²) in [6.07, 6.45) is 5.01. The Balaban J connectivity index is 1.55. The molecule has 1 atom stereocenters. The largest absolute Gasteiger partial charge is 0.375 e. The van der Waals surface area contributed by atoms with Crippen molar-refractivity contribution >= 4 is 22.4 Å². The molecule has 1 unspecified atom stereocenters. The maximum absolute atomic E-state index is 11.9. The van der Waals surface area contributed by atoms with Crippen LogP contribution in [0, 0.1) is 0 Å². The van der Waals surface area contributed by atoms with Crippen molar-refractivity contribution in [3.05, 3.63) is 10.6 Å². The average Bonchev–Trinajstić information content (AvgIpc) is 2.81. The minimum Gasteiger partial charge on any atom is -0.375 e. The second-order valence-corrected chi connectivity index (χ2v) is 6.13. The molecule has 0 bridgehead atoms. The van der Waals surface area contributed by atoms with Crippen LogP contribution in [0.3, 0.4) is 0 Å². The molecule has 5 nitrogen and oxygen atoms in total. The fourth-order valence-electron chi connectivity index (χ4n) is 2.53. The van der Waals surface area contributed by atoms with Gasteiger partial charge in [0.1, 0.15) is 0 Å². The molecule has 2 heterocycles. The van der Waals surface area contributed by atoms with Gasteiger partial charge in [0.05, 0.1) is 24.8 Å². The van der Waals surface area contributed by atoms with Gasteiger partial charge in [0.15, 0.2) is 5.13 Å². The van der Waals surface area contributed by atoms with E-state index >= 15 is 0 Å². The first kappa shape index (κ1) is 13.0. The van der Waals surface area contributed by atoms with E-state index in [1.807, 2.05) is 0 Å². The first-order valence-corrected chi connectivity index (χ1v) is 7.73. The highest BCUT2D eigenvalue weighted by atomic mass is 32.1. The van der Waals surface area contributed by atoms with E-state index in [1.54, 1.807) is 11.3 Å². The van der Waals surface area contributed by atoms with Crippen molar-refractivity contribution in [3.8, 4) is 0 Å². The number of nitrogens with zero attached hydrogens (tertiary/aromatic N) is 1. The number of rotatable bonds is 3. The first-order chi connectivity index (χ1) is 9.31. The highest BCUT2D eigenvalue weighted by Gasteiger charge is 2.20. The minimum atomic E-state index is -0.0108. The first-order valence-electron chi connectivity index (χ1n) is 6.92. The SMILES string of the molecule is O=C(CC1CNCCO1)Nc1nc2c(s1)CCCC2. The van der Waals surface area contributed by atoms with E-state index in [2.05, 4.69) is 15.6 Å². The van der Waals surface area contributed by atoms with Gasteiger partial charge in [0.25, 0.3) is 0 Å². The van der Waals surface area contributed by atoms with E-state index in [9.17, 15) is 4.79 Å². The topological polar surface area (TPSA) is 63.2 Å². The minimum absolute atomic E-state index is 0.000188. The lowest BCUT2D eigenvalue weighted by atomic mass is 10.0. The average molecular weight is 281 g/mol. The molecular formula is C13H19N3O2S. The lowest BCUT2D eigenvalue weighted by Gasteiger charge is -2.22. The van der Waals surface area contributed by atoms with E-state index < -0.39 is 0 Å². The van der Waals surface area contributed by atoms with Crippen LogP contribution in [0.4, 0.5) is 5.13 Å². The van der Waals surface area contributed by atoms with Crippen LogP contribution in [-0.2, 0) is 22.4 Å². The van der Waals surface area contributed by atoms with Crippen LogP contribution in [-0.4, -0.2) is 36.7 Å². The number of ether oxygens (including phenoxy) is 1. The molecule has 1 aromatic rings. The maximum Gasteiger partial charge on any atom is 0.228 e. The Morgan fingerprint density at radius 1 is 1.47 bits per heavy atom. The molecule has 6 heteroatoms. The molecule has 0 radical (unpaired) electrons. The van der Waals surface area contributed by atoms with Gasteiger partial charge in [-0.3, -0.25) is 4.79 Å². The Labute approximate surface area is 116 Å². The van der Waals surface area contributed by atoms with Gasteiger partial charge < -0.3 is 15.4 Å². The van der Waals surface area contributed by atoms with Gasteiger partial charge in [0, 0.05) is 18.0 Å². The Hall–Kier alpha value is -0.980. The predicted molar refractivity (Wildman–Crippen MR) is 74.6 cm³/mol. The maximum atomic E-state index is 11.9. The van der Waals surface area contributed by atoms with E-state index in [1.165, 1.54) is 23.4 Å². The summed E-state index contributed by atoms with van der Waals surface area (Å²) in [5.74, 6) is -0.000188. The normalized spacial score (nSPS) is 22.8. The van der Waals surface area contributed by atoms with Crippen LogP contribution in [0.15, 0.2) is 0 Å².